The summed E-state index contributed by atoms with van der Waals surface area (Å²) in [5.74, 6) is 0.958. The van der Waals surface area contributed by atoms with Gasteiger partial charge in [-0.05, 0) is 58.7 Å². The van der Waals surface area contributed by atoms with Crippen LogP contribution in [0, 0.1) is 19.8 Å². The van der Waals surface area contributed by atoms with Crippen LogP contribution in [0.1, 0.15) is 38.1 Å². The Labute approximate surface area is 231 Å². The highest BCUT2D eigenvalue weighted by Crippen LogP contribution is 2.43. The molecule has 3 atom stereocenters. The molecule has 3 aromatic heterocycles. The second kappa shape index (κ2) is 10.6. The maximum absolute atomic E-state index is 11.5. The standard InChI is InChI=1S/C28H34N6O4S/c1-16-21(25-32-22-17(2)29-13-11-20(22)39-25)24(34-28(37)12-10-19(23(28)35)27(3,4)36)33-26(31-16)30-14-15-38-18-8-6-5-7-9-18/h5-9,11,13,19,23,35-37H,10,12,14-15H2,1-4H3,(H2,30,31,33,34). The van der Waals surface area contributed by atoms with Crippen LogP contribution in [0.2, 0.25) is 0 Å². The number of benzene rings is 1. The molecule has 4 aromatic rings. The van der Waals surface area contributed by atoms with Gasteiger partial charge in [0, 0.05) is 12.1 Å². The lowest BCUT2D eigenvalue weighted by Crippen LogP contribution is -2.51. The fraction of sp³-hybridized carbons (Fsp3) is 0.429. The van der Waals surface area contributed by atoms with Crippen molar-refractivity contribution in [1.29, 1.82) is 0 Å². The maximum atomic E-state index is 11.5. The van der Waals surface area contributed by atoms with Crippen molar-refractivity contribution < 1.29 is 20.1 Å². The van der Waals surface area contributed by atoms with Gasteiger partial charge in [-0.15, -0.1) is 11.3 Å². The number of nitrogens with one attached hydrogen (secondary N) is 2. The molecule has 0 radical (unpaired) electrons. The van der Waals surface area contributed by atoms with E-state index >= 15 is 0 Å². The van der Waals surface area contributed by atoms with Crippen molar-refractivity contribution in [3.63, 3.8) is 0 Å². The maximum Gasteiger partial charge on any atom is 0.225 e. The Hall–Kier alpha value is -3.38. The van der Waals surface area contributed by atoms with E-state index in [2.05, 4.69) is 20.6 Å². The number of aliphatic hydroxyl groups excluding tert-OH is 1. The largest absolute Gasteiger partial charge is 0.492 e. The van der Waals surface area contributed by atoms with Gasteiger partial charge in [-0.2, -0.15) is 4.98 Å². The van der Waals surface area contributed by atoms with Gasteiger partial charge in [0.2, 0.25) is 5.95 Å². The van der Waals surface area contributed by atoms with Gasteiger partial charge in [-0.1, -0.05) is 18.2 Å². The van der Waals surface area contributed by atoms with Gasteiger partial charge in [0.05, 0.1) is 33.8 Å². The third-order valence-corrected chi connectivity index (χ3v) is 8.18. The average molecular weight is 551 g/mol. The SMILES string of the molecule is Cc1nc(NCCOc2ccccc2)nc(NC2(O)CCC(C(C)(C)O)C2O)c1-c1nc2c(C)nccc2s1. The predicted octanol–water partition coefficient (Wildman–Crippen LogP) is 3.90. The molecule has 1 aliphatic carbocycles. The number of para-hydroxylation sites is 1. The van der Waals surface area contributed by atoms with Crippen LogP contribution < -0.4 is 15.4 Å². The molecule has 5 N–H and O–H groups in total. The molecule has 11 heteroatoms. The van der Waals surface area contributed by atoms with Crippen molar-refractivity contribution in [3.05, 3.63) is 54.0 Å². The Morgan fingerprint density at radius 1 is 1.10 bits per heavy atom. The number of thiazole rings is 1. The fourth-order valence-electron chi connectivity index (χ4n) is 5.03. The first-order valence-corrected chi connectivity index (χ1v) is 13.8. The van der Waals surface area contributed by atoms with Crippen LogP contribution in [0.15, 0.2) is 42.6 Å². The second-order valence-corrected chi connectivity index (χ2v) is 11.5. The molecule has 1 aliphatic rings. The molecule has 1 fully saturated rings. The second-order valence-electron chi connectivity index (χ2n) is 10.5. The monoisotopic (exact) mass is 550 g/mol. The van der Waals surface area contributed by atoms with E-state index in [1.807, 2.05) is 50.2 Å². The summed E-state index contributed by atoms with van der Waals surface area (Å²) in [5, 5.41) is 40.1. The van der Waals surface area contributed by atoms with E-state index in [0.717, 1.165) is 21.7 Å². The molecule has 10 nitrogen and oxygen atoms in total. The molecule has 3 unspecified atom stereocenters. The third kappa shape index (κ3) is 5.67. The lowest BCUT2D eigenvalue weighted by Gasteiger charge is -2.34. The first kappa shape index (κ1) is 27.2. The van der Waals surface area contributed by atoms with Gasteiger partial charge in [-0.25, -0.2) is 9.97 Å². The average Bonchev–Trinajstić information content (AvgIpc) is 3.44. The van der Waals surface area contributed by atoms with Crippen LogP contribution in [0.25, 0.3) is 20.8 Å². The number of aryl methyl sites for hydroxylation is 2. The van der Waals surface area contributed by atoms with Crippen LogP contribution >= 0.6 is 11.3 Å². The van der Waals surface area contributed by atoms with Crippen molar-refractivity contribution in [3.8, 4) is 16.3 Å². The number of hydrogen-bond donors (Lipinski definition) is 5. The molecule has 0 amide bonds. The van der Waals surface area contributed by atoms with Crippen LogP contribution in [0.4, 0.5) is 11.8 Å². The zero-order chi connectivity index (χ0) is 27.8. The number of hydrogen-bond acceptors (Lipinski definition) is 11. The summed E-state index contributed by atoms with van der Waals surface area (Å²) in [7, 11) is 0. The zero-order valence-corrected chi connectivity index (χ0v) is 23.3. The Bertz CT molecular complexity index is 1460. The van der Waals surface area contributed by atoms with Crippen molar-refractivity contribution in [2.75, 3.05) is 23.8 Å². The minimum atomic E-state index is -1.69. The molecule has 0 aliphatic heterocycles. The van der Waals surface area contributed by atoms with Gasteiger partial charge in [0.15, 0.2) is 5.72 Å². The number of pyridine rings is 1. The number of rotatable bonds is 9. The minimum Gasteiger partial charge on any atom is -0.492 e. The lowest BCUT2D eigenvalue weighted by molar-refractivity contribution is -0.0926. The van der Waals surface area contributed by atoms with Crippen LogP contribution in [0.3, 0.4) is 0 Å². The topological polar surface area (TPSA) is 146 Å². The fourth-order valence-corrected chi connectivity index (χ4v) is 6.14. The summed E-state index contributed by atoms with van der Waals surface area (Å²) >= 11 is 1.48. The first-order chi connectivity index (χ1) is 18.5. The number of nitrogens with zero attached hydrogens (tertiary/aromatic N) is 4. The van der Waals surface area contributed by atoms with Crippen molar-refractivity contribution >= 4 is 33.3 Å². The highest BCUT2D eigenvalue weighted by atomic mass is 32.1. The van der Waals surface area contributed by atoms with Crippen LogP contribution in [-0.4, -0.2) is 65.8 Å². The summed E-state index contributed by atoms with van der Waals surface area (Å²) in [6, 6.07) is 11.5. The summed E-state index contributed by atoms with van der Waals surface area (Å²) in [6.07, 6.45) is 1.22. The molecule has 0 bridgehead atoms. The van der Waals surface area contributed by atoms with E-state index in [-0.39, 0.29) is 6.42 Å². The number of ether oxygens (including phenoxy) is 1. The number of anilines is 2. The number of aromatic nitrogens is 4. The molecule has 39 heavy (non-hydrogen) atoms. The molecular formula is C28H34N6O4S. The van der Waals surface area contributed by atoms with Crippen LogP contribution in [-0.2, 0) is 0 Å². The summed E-state index contributed by atoms with van der Waals surface area (Å²) < 4.78 is 6.74. The predicted molar refractivity (Wildman–Crippen MR) is 152 cm³/mol. The summed E-state index contributed by atoms with van der Waals surface area (Å²) in [5.41, 5.74) is 0.0522. The highest BCUT2D eigenvalue weighted by molar-refractivity contribution is 7.21. The van der Waals surface area contributed by atoms with Crippen molar-refractivity contribution in [2.45, 2.75) is 58.0 Å². The molecule has 0 spiro atoms. The Morgan fingerprint density at radius 3 is 2.56 bits per heavy atom. The van der Waals surface area contributed by atoms with E-state index in [1.54, 1.807) is 20.0 Å². The zero-order valence-electron chi connectivity index (χ0n) is 22.5. The molecule has 1 aromatic carbocycles. The van der Waals surface area contributed by atoms with E-state index in [1.165, 1.54) is 11.3 Å². The Kier molecular flexibility index (Phi) is 7.43. The first-order valence-electron chi connectivity index (χ1n) is 13.0. The smallest absolute Gasteiger partial charge is 0.225 e. The molecule has 1 saturated carbocycles. The third-order valence-electron chi connectivity index (χ3n) is 7.14. The Morgan fingerprint density at radius 2 is 1.87 bits per heavy atom. The van der Waals surface area contributed by atoms with Gasteiger partial charge in [-0.3, -0.25) is 4.98 Å². The lowest BCUT2D eigenvalue weighted by atomic mass is 9.87. The number of aliphatic hydroxyl groups is 3. The normalized spacial score (nSPS) is 21.3. The number of fused-ring (bicyclic) bond motifs is 1. The van der Waals surface area contributed by atoms with Gasteiger partial charge >= 0.3 is 0 Å². The molecule has 0 saturated heterocycles. The molecule has 5 rings (SSSR count). The van der Waals surface area contributed by atoms with E-state index in [9.17, 15) is 15.3 Å². The quantitative estimate of drug-likeness (QED) is 0.154. The van der Waals surface area contributed by atoms with Gasteiger partial charge in [0.1, 0.15) is 34.8 Å². The highest BCUT2D eigenvalue weighted by Gasteiger charge is 2.52. The van der Waals surface area contributed by atoms with Gasteiger partial charge < -0.3 is 30.7 Å². The van der Waals surface area contributed by atoms with Gasteiger partial charge in [0.25, 0.3) is 0 Å². The van der Waals surface area contributed by atoms with E-state index < -0.39 is 23.3 Å². The summed E-state index contributed by atoms with van der Waals surface area (Å²) in [4.78, 5) is 18.5. The molecule has 3 heterocycles. The minimum absolute atomic E-state index is 0.238. The Balaban J connectivity index is 1.46. The molecular weight excluding hydrogens is 516 g/mol. The van der Waals surface area contributed by atoms with E-state index in [4.69, 9.17) is 14.7 Å². The van der Waals surface area contributed by atoms with Crippen molar-refractivity contribution in [1.82, 2.24) is 19.9 Å². The van der Waals surface area contributed by atoms with Crippen molar-refractivity contribution in [2.24, 2.45) is 5.92 Å². The van der Waals surface area contributed by atoms with E-state index in [0.29, 0.717) is 47.6 Å². The van der Waals surface area contributed by atoms with Crippen LogP contribution in [0.5, 0.6) is 5.75 Å². The molecule has 206 valence electrons. The summed E-state index contributed by atoms with van der Waals surface area (Å²) in [6.45, 7) is 7.91.